The lowest BCUT2D eigenvalue weighted by Gasteiger charge is -2.41. The molecule has 8 heterocycles. The largest absolute Gasteiger partial charge is 0.444 e. The normalized spacial score (nSPS) is 17.9. The van der Waals surface area contributed by atoms with Crippen LogP contribution in [0.25, 0.3) is 22.7 Å². The highest BCUT2D eigenvalue weighted by atomic mass is 35.5. The van der Waals surface area contributed by atoms with Crippen molar-refractivity contribution in [3.63, 3.8) is 0 Å². The van der Waals surface area contributed by atoms with Gasteiger partial charge in [-0.2, -0.15) is 45.3 Å². The molecule has 4 aromatic heterocycles. The van der Waals surface area contributed by atoms with Gasteiger partial charge in [0, 0.05) is 51.4 Å². The summed E-state index contributed by atoms with van der Waals surface area (Å²) in [5.41, 5.74) is 0.284. The van der Waals surface area contributed by atoms with E-state index in [4.69, 9.17) is 37.4 Å². The maximum absolute atomic E-state index is 14.2. The van der Waals surface area contributed by atoms with Gasteiger partial charge in [0.25, 0.3) is 11.1 Å². The van der Waals surface area contributed by atoms with E-state index in [0.29, 0.717) is 119 Å². The summed E-state index contributed by atoms with van der Waals surface area (Å²) >= 11 is 12.2. The number of halogens is 8. The third-order valence-corrected chi connectivity index (χ3v) is 15.5. The molecule has 0 spiro atoms. The summed E-state index contributed by atoms with van der Waals surface area (Å²) in [7, 11) is 0. The Labute approximate surface area is 505 Å². The maximum Gasteiger partial charge on any atom is 0.416 e. The topological polar surface area (TPSA) is 229 Å². The standard InChI is InChI=1S/C31H37ClF3N7O5.C26H29ClF3N7O3/c1-6-23-25(40-12-11-39(16-18(40)2)29(45)47-30(3,4)5)27(44)42-28(37-26(38-42)19-9-13-46-14-10-19)41(23)17-24(43)36-22-8-7-20(15-21(22)32)31(33,34)35;1-3-20-22(35-9-8-31-13-15(35)2)24(39)37-25(33-23(34-37)16-6-10-40-11-7-16)36(20)14-21(38)32-19-5-4-17(12-18(19)27)26(28,29)30/h7-9,15,18H,6,10-14,16-17H2,1-5H3,(H,36,43);4-6,12,15,31H,3,7-11,13-14H2,1-2H3,(H,32,38)/t18-;15-/m00/s1. The third kappa shape index (κ3) is 14.2. The van der Waals surface area contributed by atoms with Crippen LogP contribution in [0.3, 0.4) is 0 Å². The highest BCUT2D eigenvalue weighted by molar-refractivity contribution is 6.34. The molecule has 0 radical (unpaired) electrons. The number of amides is 3. The number of rotatable bonds is 12. The SMILES string of the molecule is CCc1c(N2CCN(C(=O)OC(C)(C)C)C[C@@H]2C)c(=O)n2nc(C3=CCOCC3)nc2n1CC(=O)Nc1ccc(C(F)(F)F)cc1Cl.CCc1c(N2CCNC[C@@H]2C)c(=O)n2nc(C3=CCOCC3)nc2n1CC(=O)Nc1ccc(C(F)(F)F)cc1Cl. The summed E-state index contributed by atoms with van der Waals surface area (Å²) in [6, 6.07) is 5.11. The predicted octanol–water partition coefficient (Wildman–Crippen LogP) is 8.38. The first-order chi connectivity index (χ1) is 41.1. The molecule has 468 valence electrons. The van der Waals surface area contributed by atoms with Gasteiger partial charge in [-0.05, 0) is 108 Å². The van der Waals surface area contributed by atoms with Gasteiger partial charge in [-0.3, -0.25) is 19.2 Å². The molecular weight excluding hydrogens is 1190 g/mol. The van der Waals surface area contributed by atoms with Gasteiger partial charge in [-0.1, -0.05) is 49.2 Å². The van der Waals surface area contributed by atoms with E-state index < -0.39 is 52.5 Å². The number of anilines is 4. The van der Waals surface area contributed by atoms with Crippen molar-refractivity contribution in [2.45, 2.75) is 117 Å². The predicted molar refractivity (Wildman–Crippen MR) is 315 cm³/mol. The zero-order valence-electron chi connectivity index (χ0n) is 48.8. The number of alkyl halides is 6. The van der Waals surface area contributed by atoms with E-state index in [1.54, 1.807) is 34.8 Å². The van der Waals surface area contributed by atoms with Gasteiger partial charge >= 0.3 is 18.4 Å². The van der Waals surface area contributed by atoms with Gasteiger partial charge in [0.1, 0.15) is 30.1 Å². The summed E-state index contributed by atoms with van der Waals surface area (Å²) < 4.78 is 101. The molecule has 0 aliphatic carbocycles. The van der Waals surface area contributed by atoms with Crippen molar-refractivity contribution in [3.8, 4) is 0 Å². The molecule has 2 fully saturated rings. The summed E-state index contributed by atoms with van der Waals surface area (Å²) in [6.07, 6.45) is -4.03. The summed E-state index contributed by atoms with van der Waals surface area (Å²) in [6.45, 7) is 17.0. The second-order valence-electron chi connectivity index (χ2n) is 22.2. The molecule has 87 heavy (non-hydrogen) atoms. The number of hydrogen-bond donors (Lipinski definition) is 3. The Kier molecular flexibility index (Phi) is 19.1. The van der Waals surface area contributed by atoms with Gasteiger partial charge in [-0.15, -0.1) is 10.2 Å². The number of benzene rings is 2. The third-order valence-electron chi connectivity index (χ3n) is 14.9. The van der Waals surface area contributed by atoms with Gasteiger partial charge in [-0.25, -0.2) is 4.79 Å². The van der Waals surface area contributed by atoms with Crippen molar-refractivity contribution in [3.05, 3.63) is 113 Å². The van der Waals surface area contributed by atoms with Crippen molar-refractivity contribution < 1.29 is 54.9 Å². The monoisotopic (exact) mass is 1260 g/mol. The van der Waals surface area contributed by atoms with Crippen LogP contribution in [0.15, 0.2) is 58.1 Å². The molecule has 2 atom stereocenters. The molecule has 4 aliphatic rings. The molecular formula is C57H66Cl2F6N14O8. The molecule has 0 bridgehead atoms. The molecule has 2 saturated heterocycles. The number of carbonyl (C=O) groups is 3. The van der Waals surface area contributed by atoms with Crippen LogP contribution in [0, 0.1) is 0 Å². The average molecular weight is 1260 g/mol. The molecule has 3 amide bonds. The van der Waals surface area contributed by atoms with Crippen molar-refractivity contribution in [1.29, 1.82) is 0 Å². The summed E-state index contributed by atoms with van der Waals surface area (Å²) in [4.78, 5) is 82.4. The number of ether oxygens (including phenoxy) is 3. The van der Waals surface area contributed by atoms with Crippen molar-refractivity contribution in [2.24, 2.45) is 0 Å². The first-order valence-corrected chi connectivity index (χ1v) is 29.1. The number of carbonyl (C=O) groups excluding carboxylic acids is 3. The van der Waals surface area contributed by atoms with Gasteiger partial charge in [0.05, 0.1) is 70.4 Å². The molecule has 4 aliphatic heterocycles. The fraction of sp³-hybridized carbons (Fsp3) is 0.491. The molecule has 10 rings (SSSR count). The Bertz CT molecular complexity index is 3800. The minimum Gasteiger partial charge on any atom is -0.444 e. The van der Waals surface area contributed by atoms with E-state index in [1.165, 1.54) is 9.03 Å². The first-order valence-electron chi connectivity index (χ1n) is 28.3. The van der Waals surface area contributed by atoms with Gasteiger partial charge in [0.2, 0.25) is 23.4 Å². The summed E-state index contributed by atoms with van der Waals surface area (Å²) in [5, 5.41) is 17.1. The second-order valence-corrected chi connectivity index (χ2v) is 23.0. The highest BCUT2D eigenvalue weighted by Gasteiger charge is 2.36. The van der Waals surface area contributed by atoms with Crippen LogP contribution >= 0.6 is 23.2 Å². The zero-order valence-corrected chi connectivity index (χ0v) is 50.3. The fourth-order valence-corrected chi connectivity index (χ4v) is 11.2. The Morgan fingerprint density at radius 3 is 1.53 bits per heavy atom. The molecule has 6 aromatic rings. The Morgan fingerprint density at radius 1 is 0.690 bits per heavy atom. The van der Waals surface area contributed by atoms with Crippen LogP contribution in [0.5, 0.6) is 0 Å². The van der Waals surface area contributed by atoms with E-state index in [2.05, 4.69) is 36.1 Å². The fourth-order valence-electron chi connectivity index (χ4n) is 10.7. The van der Waals surface area contributed by atoms with Crippen LogP contribution in [0.2, 0.25) is 10.0 Å². The van der Waals surface area contributed by atoms with Crippen LogP contribution in [-0.4, -0.2) is 145 Å². The van der Waals surface area contributed by atoms with Gasteiger partial charge < -0.3 is 54.0 Å². The molecule has 3 N–H and O–H groups in total. The van der Waals surface area contributed by atoms with Crippen LogP contribution in [0.4, 0.5) is 53.9 Å². The maximum atomic E-state index is 14.2. The smallest absolute Gasteiger partial charge is 0.416 e. The average Bonchev–Trinajstić information content (AvgIpc) is 1.74. The number of hydrogen-bond acceptors (Lipinski definition) is 15. The summed E-state index contributed by atoms with van der Waals surface area (Å²) in [5.74, 6) is -0.108. The Balaban J connectivity index is 0.000000210. The first kappa shape index (κ1) is 64.0. The molecule has 0 saturated carbocycles. The van der Waals surface area contributed by atoms with Crippen molar-refractivity contribution >= 4 is 86.6 Å². The Hall–Kier alpha value is -7.53. The van der Waals surface area contributed by atoms with Crippen molar-refractivity contribution in [1.82, 2.24) is 48.5 Å². The molecule has 30 heteroatoms. The lowest BCUT2D eigenvalue weighted by molar-refractivity contribution is -0.138. The number of piperazine rings is 2. The van der Waals surface area contributed by atoms with Gasteiger partial charge in [0.15, 0.2) is 11.6 Å². The van der Waals surface area contributed by atoms with Crippen LogP contribution in [-0.2, 0) is 62.1 Å². The lowest BCUT2D eigenvalue weighted by Crippen LogP contribution is -2.56. The molecule has 2 aromatic carbocycles. The lowest BCUT2D eigenvalue weighted by atomic mass is 10.1. The van der Waals surface area contributed by atoms with E-state index in [-0.39, 0.29) is 70.3 Å². The number of fused-ring (bicyclic) bond motifs is 2. The number of aromatic nitrogens is 8. The van der Waals surface area contributed by atoms with Crippen molar-refractivity contribution in [2.75, 3.05) is 86.1 Å². The van der Waals surface area contributed by atoms with E-state index in [0.717, 1.165) is 47.5 Å². The molecule has 22 nitrogen and oxygen atoms in total. The second kappa shape index (κ2) is 26.0. The number of nitrogens with one attached hydrogen (secondary N) is 3. The molecule has 0 unspecified atom stereocenters. The minimum absolute atomic E-state index is 0.00130. The minimum atomic E-state index is -4.60. The Morgan fingerprint density at radius 2 is 1.15 bits per heavy atom. The quantitative estimate of drug-likeness (QED) is 0.0978. The van der Waals surface area contributed by atoms with E-state index in [1.807, 2.05) is 49.6 Å². The highest BCUT2D eigenvalue weighted by Crippen LogP contribution is 2.36. The van der Waals surface area contributed by atoms with E-state index >= 15 is 0 Å². The van der Waals surface area contributed by atoms with Crippen LogP contribution in [0.1, 0.15) is 95.5 Å². The van der Waals surface area contributed by atoms with Crippen LogP contribution < -0.4 is 36.9 Å². The number of nitrogens with zero attached hydrogens (tertiary/aromatic N) is 11. The zero-order chi connectivity index (χ0) is 62.9. The van der Waals surface area contributed by atoms with E-state index in [9.17, 15) is 50.3 Å².